The second-order valence-electron chi connectivity index (χ2n) is 4.02. The lowest BCUT2D eigenvalue weighted by Gasteiger charge is -2.03. The molecule has 0 aliphatic carbocycles. The van der Waals surface area contributed by atoms with Gasteiger partial charge in [-0.05, 0) is 46.8 Å². The lowest BCUT2D eigenvalue weighted by molar-refractivity contribution is 0.775. The molecule has 0 unspecified atom stereocenters. The highest BCUT2D eigenvalue weighted by Gasteiger charge is 2.06. The van der Waals surface area contributed by atoms with E-state index in [4.69, 9.17) is 5.73 Å². The molecular weight excluding hydrogens is 274 g/mol. The quantitative estimate of drug-likeness (QED) is 0.475. The molecule has 0 saturated carbocycles. The zero-order valence-corrected chi connectivity index (χ0v) is 11.8. The number of thiocarbonyl (C=S) groups is 1. The number of hydrogen-bond acceptors (Lipinski definition) is 5. The Bertz CT molecular complexity index is 603. The number of nitrogens with two attached hydrogens (primary N) is 1. The van der Waals surface area contributed by atoms with E-state index < -0.39 is 0 Å². The van der Waals surface area contributed by atoms with Crippen molar-refractivity contribution in [1.82, 2.24) is 25.6 Å². The fourth-order valence-corrected chi connectivity index (χ4v) is 1.70. The smallest absolute Gasteiger partial charge is 0.184 e. The summed E-state index contributed by atoms with van der Waals surface area (Å²) in [6.07, 6.45) is 3.08. The first kappa shape index (κ1) is 14.1. The minimum absolute atomic E-state index is 0.121. The highest BCUT2D eigenvalue weighted by molar-refractivity contribution is 7.80. The van der Waals surface area contributed by atoms with Crippen LogP contribution in [0.4, 0.5) is 0 Å². The summed E-state index contributed by atoms with van der Waals surface area (Å²) in [6, 6.07) is 8.10. The van der Waals surface area contributed by atoms with Gasteiger partial charge in [0.25, 0.3) is 0 Å². The standard InChI is InChI=1S/C12H15N7S/c1-2-9-3-5-10(6-4-9)19-11(15-17-18-19)7-8-14-16-12(13)20/h3-6,8H,2,7H2,1H3,(H3,13,16,20)/b14-8+. The molecule has 2 aromatic rings. The number of hydrogen-bond donors (Lipinski definition) is 2. The van der Waals surface area contributed by atoms with Crippen molar-refractivity contribution in [1.29, 1.82) is 0 Å². The first-order valence-corrected chi connectivity index (χ1v) is 6.55. The van der Waals surface area contributed by atoms with Crippen molar-refractivity contribution in [2.24, 2.45) is 10.8 Å². The molecule has 7 nitrogen and oxygen atoms in total. The second-order valence-corrected chi connectivity index (χ2v) is 4.46. The number of benzene rings is 1. The molecule has 3 N–H and O–H groups in total. The van der Waals surface area contributed by atoms with Gasteiger partial charge in [-0.25, -0.2) is 0 Å². The average Bonchev–Trinajstić information content (AvgIpc) is 2.92. The molecule has 0 aliphatic rings. The van der Waals surface area contributed by atoms with Gasteiger partial charge < -0.3 is 5.73 Å². The lowest BCUT2D eigenvalue weighted by Crippen LogP contribution is -2.24. The maximum absolute atomic E-state index is 5.26. The summed E-state index contributed by atoms with van der Waals surface area (Å²) in [7, 11) is 0. The summed E-state index contributed by atoms with van der Waals surface area (Å²) in [6.45, 7) is 2.11. The third-order valence-corrected chi connectivity index (χ3v) is 2.75. The predicted octanol–water partition coefficient (Wildman–Crippen LogP) is 0.586. The van der Waals surface area contributed by atoms with Crippen LogP contribution in [-0.2, 0) is 12.8 Å². The SMILES string of the molecule is CCc1ccc(-n2nnnc2C/C=N/NC(N)=S)cc1. The molecule has 0 saturated heterocycles. The van der Waals surface area contributed by atoms with Gasteiger partial charge in [-0.3, -0.25) is 5.43 Å². The molecule has 0 radical (unpaired) electrons. The minimum Gasteiger partial charge on any atom is -0.375 e. The number of aryl methyl sites for hydroxylation is 1. The summed E-state index contributed by atoms with van der Waals surface area (Å²) < 4.78 is 1.67. The summed E-state index contributed by atoms with van der Waals surface area (Å²) in [5.41, 5.74) is 9.93. The Morgan fingerprint density at radius 1 is 1.45 bits per heavy atom. The van der Waals surface area contributed by atoms with Crippen LogP contribution in [0.25, 0.3) is 5.69 Å². The third-order valence-electron chi connectivity index (χ3n) is 2.66. The maximum Gasteiger partial charge on any atom is 0.184 e. The second kappa shape index (κ2) is 6.71. The van der Waals surface area contributed by atoms with E-state index in [1.54, 1.807) is 10.9 Å². The molecule has 1 aromatic carbocycles. The summed E-state index contributed by atoms with van der Waals surface area (Å²) in [5, 5.41) is 15.6. The van der Waals surface area contributed by atoms with Crippen molar-refractivity contribution in [3.63, 3.8) is 0 Å². The fourth-order valence-electron chi connectivity index (χ4n) is 1.64. The van der Waals surface area contributed by atoms with E-state index in [1.807, 2.05) is 12.1 Å². The van der Waals surface area contributed by atoms with Crippen LogP contribution in [-0.4, -0.2) is 31.5 Å². The van der Waals surface area contributed by atoms with Crippen LogP contribution in [0.2, 0.25) is 0 Å². The van der Waals surface area contributed by atoms with Gasteiger partial charge in [0.1, 0.15) is 0 Å². The van der Waals surface area contributed by atoms with Crippen LogP contribution >= 0.6 is 12.2 Å². The van der Waals surface area contributed by atoms with E-state index in [9.17, 15) is 0 Å². The first-order chi connectivity index (χ1) is 9.70. The highest BCUT2D eigenvalue weighted by atomic mass is 32.1. The Balaban J connectivity index is 2.11. The van der Waals surface area contributed by atoms with Crippen LogP contribution in [0.1, 0.15) is 18.3 Å². The Hall–Kier alpha value is -2.35. The van der Waals surface area contributed by atoms with Gasteiger partial charge in [-0.1, -0.05) is 19.1 Å². The van der Waals surface area contributed by atoms with Crippen LogP contribution in [0.5, 0.6) is 0 Å². The molecule has 1 aromatic heterocycles. The van der Waals surface area contributed by atoms with E-state index in [2.05, 4.69) is 57.3 Å². The minimum atomic E-state index is 0.121. The number of tetrazole rings is 1. The zero-order valence-electron chi connectivity index (χ0n) is 11.0. The van der Waals surface area contributed by atoms with Gasteiger partial charge in [-0.2, -0.15) is 9.78 Å². The Kier molecular flexibility index (Phi) is 4.72. The van der Waals surface area contributed by atoms with Crippen LogP contribution in [0.3, 0.4) is 0 Å². The normalized spacial score (nSPS) is 10.8. The van der Waals surface area contributed by atoms with E-state index in [-0.39, 0.29) is 5.11 Å². The third kappa shape index (κ3) is 3.58. The van der Waals surface area contributed by atoms with E-state index in [0.29, 0.717) is 12.2 Å². The van der Waals surface area contributed by atoms with Crippen LogP contribution in [0, 0.1) is 0 Å². The van der Waals surface area contributed by atoms with Crippen molar-refractivity contribution in [3.8, 4) is 5.69 Å². The average molecular weight is 289 g/mol. The molecule has 2 rings (SSSR count). The molecule has 0 bridgehead atoms. The topological polar surface area (TPSA) is 94.0 Å². The predicted molar refractivity (Wildman–Crippen MR) is 80.6 cm³/mol. The molecule has 0 atom stereocenters. The first-order valence-electron chi connectivity index (χ1n) is 6.14. The molecule has 0 fully saturated rings. The molecule has 20 heavy (non-hydrogen) atoms. The van der Waals surface area contributed by atoms with Crippen molar-refractivity contribution in [2.75, 3.05) is 0 Å². The molecular formula is C12H15N7S. The van der Waals surface area contributed by atoms with Crippen molar-refractivity contribution in [2.45, 2.75) is 19.8 Å². The lowest BCUT2D eigenvalue weighted by atomic mass is 10.1. The molecule has 8 heteroatoms. The maximum atomic E-state index is 5.26. The van der Waals surface area contributed by atoms with E-state index >= 15 is 0 Å². The van der Waals surface area contributed by atoms with Gasteiger partial charge in [0, 0.05) is 12.6 Å². The van der Waals surface area contributed by atoms with Crippen molar-refractivity contribution in [3.05, 3.63) is 35.7 Å². The highest BCUT2D eigenvalue weighted by Crippen LogP contribution is 2.10. The largest absolute Gasteiger partial charge is 0.375 e. The molecule has 0 spiro atoms. The summed E-state index contributed by atoms with van der Waals surface area (Å²) in [4.78, 5) is 0. The number of hydrazone groups is 1. The van der Waals surface area contributed by atoms with Gasteiger partial charge in [0.2, 0.25) is 0 Å². The number of rotatable bonds is 5. The molecule has 0 aliphatic heterocycles. The van der Waals surface area contributed by atoms with Crippen molar-refractivity contribution < 1.29 is 0 Å². The van der Waals surface area contributed by atoms with Crippen LogP contribution < -0.4 is 11.2 Å². The molecule has 104 valence electrons. The van der Waals surface area contributed by atoms with Crippen molar-refractivity contribution >= 4 is 23.5 Å². The van der Waals surface area contributed by atoms with Gasteiger partial charge in [0.05, 0.1) is 5.69 Å². The van der Waals surface area contributed by atoms with Gasteiger partial charge in [-0.15, -0.1) is 5.10 Å². The number of nitrogens with one attached hydrogen (secondary N) is 1. The van der Waals surface area contributed by atoms with E-state index in [1.165, 1.54) is 5.56 Å². The Morgan fingerprint density at radius 3 is 2.85 bits per heavy atom. The summed E-state index contributed by atoms with van der Waals surface area (Å²) >= 11 is 4.64. The number of aromatic nitrogens is 4. The van der Waals surface area contributed by atoms with Gasteiger partial charge in [0.15, 0.2) is 10.9 Å². The zero-order chi connectivity index (χ0) is 14.4. The van der Waals surface area contributed by atoms with Gasteiger partial charge >= 0.3 is 0 Å². The fraction of sp³-hybridized carbons (Fsp3) is 0.250. The Morgan fingerprint density at radius 2 is 2.20 bits per heavy atom. The molecule has 1 heterocycles. The van der Waals surface area contributed by atoms with Crippen LogP contribution in [0.15, 0.2) is 29.4 Å². The Labute approximate surface area is 121 Å². The molecule has 0 amide bonds. The summed E-state index contributed by atoms with van der Waals surface area (Å²) in [5.74, 6) is 0.683. The van der Waals surface area contributed by atoms with E-state index in [0.717, 1.165) is 12.1 Å². The monoisotopic (exact) mass is 289 g/mol. The number of nitrogens with zero attached hydrogens (tertiary/aromatic N) is 5.